The lowest BCUT2D eigenvalue weighted by molar-refractivity contribution is -0.383. The van der Waals surface area contributed by atoms with Crippen LogP contribution in [0.1, 0.15) is 0 Å². The quantitative estimate of drug-likeness (QED) is 0.543. The highest BCUT2D eigenvalue weighted by Gasteiger charge is 2.22. The van der Waals surface area contributed by atoms with Gasteiger partial charge >= 0.3 is 5.69 Å². The topological polar surface area (TPSA) is 91.3 Å². The SMILES string of the molecule is COc1cccc(-c2ccc([N+](=O)[O-])c3nonc23)c1F. The summed E-state index contributed by atoms with van der Waals surface area (Å²) in [4.78, 5) is 10.3. The highest BCUT2D eigenvalue weighted by Crippen LogP contribution is 2.35. The Hall–Kier alpha value is -3.03. The molecule has 0 bridgehead atoms. The van der Waals surface area contributed by atoms with Crippen LogP contribution in [0, 0.1) is 15.9 Å². The molecule has 0 saturated carbocycles. The van der Waals surface area contributed by atoms with Gasteiger partial charge in [-0.2, -0.15) is 0 Å². The summed E-state index contributed by atoms with van der Waals surface area (Å²) in [7, 11) is 1.35. The summed E-state index contributed by atoms with van der Waals surface area (Å²) in [6.07, 6.45) is 0. The van der Waals surface area contributed by atoms with Crippen molar-refractivity contribution in [1.82, 2.24) is 10.3 Å². The number of nitrogens with zero attached hydrogens (tertiary/aromatic N) is 3. The van der Waals surface area contributed by atoms with Crippen molar-refractivity contribution in [3.05, 3.63) is 46.3 Å². The minimum atomic E-state index is -0.599. The second-order valence-corrected chi connectivity index (χ2v) is 4.17. The summed E-state index contributed by atoms with van der Waals surface area (Å²) >= 11 is 0. The average molecular weight is 289 g/mol. The fraction of sp³-hybridized carbons (Fsp3) is 0.0769. The molecule has 3 aromatic rings. The highest BCUT2D eigenvalue weighted by atomic mass is 19.1. The van der Waals surface area contributed by atoms with E-state index in [9.17, 15) is 14.5 Å². The van der Waals surface area contributed by atoms with E-state index in [4.69, 9.17) is 4.74 Å². The van der Waals surface area contributed by atoms with E-state index in [1.54, 1.807) is 6.07 Å². The van der Waals surface area contributed by atoms with E-state index in [2.05, 4.69) is 14.9 Å². The lowest BCUT2D eigenvalue weighted by Gasteiger charge is -2.07. The highest BCUT2D eigenvalue weighted by molar-refractivity contribution is 5.96. The smallest absolute Gasteiger partial charge is 0.300 e. The van der Waals surface area contributed by atoms with Gasteiger partial charge in [-0.15, -0.1) is 0 Å². The first kappa shape index (κ1) is 13.0. The van der Waals surface area contributed by atoms with Crippen molar-refractivity contribution in [3.63, 3.8) is 0 Å². The minimum absolute atomic E-state index is 0.0280. The summed E-state index contributed by atoms with van der Waals surface area (Å²) in [5.74, 6) is -0.520. The van der Waals surface area contributed by atoms with Crippen LogP contribution in [0.25, 0.3) is 22.2 Å². The number of nitro groups is 1. The molecule has 0 fully saturated rings. The van der Waals surface area contributed by atoms with Gasteiger partial charge in [-0.25, -0.2) is 9.02 Å². The van der Waals surface area contributed by atoms with Crippen LogP contribution in [0.15, 0.2) is 35.0 Å². The monoisotopic (exact) mass is 289 g/mol. The number of nitro benzene ring substituents is 1. The second-order valence-electron chi connectivity index (χ2n) is 4.17. The van der Waals surface area contributed by atoms with Gasteiger partial charge in [0, 0.05) is 17.2 Å². The molecule has 0 unspecified atom stereocenters. The molecule has 0 amide bonds. The van der Waals surface area contributed by atoms with Gasteiger partial charge in [-0.3, -0.25) is 10.1 Å². The number of aromatic nitrogens is 2. The zero-order valence-electron chi connectivity index (χ0n) is 10.7. The number of methoxy groups -OCH3 is 1. The van der Waals surface area contributed by atoms with Gasteiger partial charge in [0.15, 0.2) is 11.6 Å². The predicted octanol–water partition coefficient (Wildman–Crippen LogP) is 2.95. The third-order valence-electron chi connectivity index (χ3n) is 3.06. The molecule has 0 aliphatic heterocycles. The van der Waals surface area contributed by atoms with E-state index < -0.39 is 10.7 Å². The lowest BCUT2D eigenvalue weighted by Crippen LogP contribution is -1.94. The summed E-state index contributed by atoms with van der Waals surface area (Å²) < 4.78 is 23.8. The van der Waals surface area contributed by atoms with Crippen molar-refractivity contribution in [3.8, 4) is 16.9 Å². The first-order chi connectivity index (χ1) is 10.1. The van der Waals surface area contributed by atoms with E-state index in [-0.39, 0.29) is 28.0 Å². The van der Waals surface area contributed by atoms with Crippen molar-refractivity contribution < 1.29 is 18.7 Å². The first-order valence-electron chi connectivity index (χ1n) is 5.86. The molecule has 0 radical (unpaired) electrons. The van der Waals surface area contributed by atoms with Crippen LogP contribution >= 0.6 is 0 Å². The van der Waals surface area contributed by atoms with Gasteiger partial charge < -0.3 is 4.74 Å². The van der Waals surface area contributed by atoms with E-state index >= 15 is 0 Å². The summed E-state index contributed by atoms with van der Waals surface area (Å²) in [6.45, 7) is 0. The maximum atomic E-state index is 14.3. The fourth-order valence-corrected chi connectivity index (χ4v) is 2.09. The standard InChI is InChI=1S/C13H8FN3O4/c1-20-10-4-2-3-7(11(10)14)8-5-6-9(17(18)19)13-12(8)15-21-16-13/h2-6H,1H3. The first-order valence-corrected chi connectivity index (χ1v) is 5.86. The summed E-state index contributed by atoms with van der Waals surface area (Å²) in [5, 5.41) is 18.1. The van der Waals surface area contributed by atoms with Gasteiger partial charge in [0.2, 0.25) is 5.52 Å². The van der Waals surface area contributed by atoms with Crippen LogP contribution in [0.2, 0.25) is 0 Å². The van der Waals surface area contributed by atoms with Crippen molar-refractivity contribution in [2.75, 3.05) is 7.11 Å². The normalized spacial score (nSPS) is 10.8. The maximum absolute atomic E-state index is 14.3. The number of hydrogen-bond acceptors (Lipinski definition) is 6. The number of halogens is 1. The Bertz CT molecular complexity index is 847. The molecular weight excluding hydrogens is 281 g/mol. The Morgan fingerprint density at radius 3 is 2.67 bits per heavy atom. The Morgan fingerprint density at radius 2 is 1.95 bits per heavy atom. The molecule has 0 saturated heterocycles. The molecule has 7 nitrogen and oxygen atoms in total. The van der Waals surface area contributed by atoms with Gasteiger partial charge in [0.05, 0.1) is 12.0 Å². The number of ether oxygens (including phenoxy) is 1. The zero-order chi connectivity index (χ0) is 15.0. The van der Waals surface area contributed by atoms with E-state index in [0.29, 0.717) is 5.56 Å². The molecule has 3 rings (SSSR count). The molecule has 106 valence electrons. The minimum Gasteiger partial charge on any atom is -0.494 e. The molecule has 1 aromatic heterocycles. The Morgan fingerprint density at radius 1 is 1.19 bits per heavy atom. The van der Waals surface area contributed by atoms with Gasteiger partial charge in [-0.1, -0.05) is 12.1 Å². The van der Waals surface area contributed by atoms with Crippen LogP contribution in [0.5, 0.6) is 5.75 Å². The molecule has 0 aliphatic carbocycles. The summed E-state index contributed by atoms with van der Waals surface area (Å²) in [6, 6.07) is 7.25. The molecule has 2 aromatic carbocycles. The Kier molecular flexibility index (Phi) is 2.98. The van der Waals surface area contributed by atoms with Crippen molar-refractivity contribution in [1.29, 1.82) is 0 Å². The molecule has 21 heavy (non-hydrogen) atoms. The molecular formula is C13H8FN3O4. The lowest BCUT2D eigenvalue weighted by atomic mass is 10.0. The van der Waals surface area contributed by atoms with Crippen LogP contribution in [-0.2, 0) is 0 Å². The van der Waals surface area contributed by atoms with Crippen LogP contribution in [0.3, 0.4) is 0 Å². The third kappa shape index (κ3) is 1.97. The van der Waals surface area contributed by atoms with E-state index in [1.807, 2.05) is 0 Å². The molecule has 1 heterocycles. The number of hydrogen-bond donors (Lipinski definition) is 0. The van der Waals surface area contributed by atoms with Crippen molar-refractivity contribution >= 4 is 16.7 Å². The average Bonchev–Trinajstić information content (AvgIpc) is 2.96. The largest absolute Gasteiger partial charge is 0.494 e. The number of fused-ring (bicyclic) bond motifs is 1. The van der Waals surface area contributed by atoms with Crippen molar-refractivity contribution in [2.45, 2.75) is 0 Å². The molecule has 0 aliphatic rings. The second kappa shape index (κ2) is 4.82. The number of benzene rings is 2. The van der Waals surface area contributed by atoms with E-state index in [1.165, 1.54) is 31.4 Å². The predicted molar refractivity (Wildman–Crippen MR) is 70.4 cm³/mol. The van der Waals surface area contributed by atoms with Gasteiger partial charge in [-0.05, 0) is 22.4 Å². The summed E-state index contributed by atoms with van der Waals surface area (Å²) in [5.41, 5.74) is 0.382. The van der Waals surface area contributed by atoms with Crippen LogP contribution in [-0.4, -0.2) is 22.3 Å². The maximum Gasteiger partial charge on any atom is 0.300 e. The molecule has 0 N–H and O–H groups in total. The molecule has 0 atom stereocenters. The molecule has 0 spiro atoms. The van der Waals surface area contributed by atoms with Crippen LogP contribution in [0.4, 0.5) is 10.1 Å². The number of rotatable bonds is 3. The van der Waals surface area contributed by atoms with Gasteiger partial charge in [0.25, 0.3) is 0 Å². The van der Waals surface area contributed by atoms with E-state index in [0.717, 1.165) is 0 Å². The zero-order valence-corrected chi connectivity index (χ0v) is 10.7. The Balaban J connectivity index is 2.30. The van der Waals surface area contributed by atoms with Gasteiger partial charge in [0.1, 0.15) is 5.52 Å². The molecule has 8 heteroatoms. The van der Waals surface area contributed by atoms with Crippen LogP contribution < -0.4 is 4.74 Å². The fourth-order valence-electron chi connectivity index (χ4n) is 2.09. The van der Waals surface area contributed by atoms with Crippen molar-refractivity contribution in [2.24, 2.45) is 0 Å². The Labute approximate surface area is 117 Å². The number of non-ortho nitro benzene ring substituents is 1. The third-order valence-corrected chi connectivity index (χ3v) is 3.06.